The number of likely N-dealkylation sites (tertiary alicyclic amines) is 1. The number of aromatic hydroxyl groups is 1. The molecule has 3 fully saturated rings. The molecule has 4 heteroatoms. The lowest BCUT2D eigenvalue weighted by Crippen LogP contribution is -2.52. The lowest BCUT2D eigenvalue weighted by Gasteiger charge is -2.45. The Morgan fingerprint density at radius 1 is 1.00 bits per heavy atom. The van der Waals surface area contributed by atoms with E-state index >= 15 is 0 Å². The van der Waals surface area contributed by atoms with Gasteiger partial charge in [-0.25, -0.2) is 4.99 Å². The van der Waals surface area contributed by atoms with Gasteiger partial charge in [-0.1, -0.05) is 31.7 Å². The number of hydrogen-bond acceptors (Lipinski definition) is 2. The van der Waals surface area contributed by atoms with E-state index in [0.717, 1.165) is 24.1 Å². The van der Waals surface area contributed by atoms with E-state index in [1.165, 1.54) is 64.2 Å². The number of piperidine rings is 1. The number of hydrogen-bond donors (Lipinski definition) is 2. The van der Waals surface area contributed by atoms with Crippen LogP contribution in [0.1, 0.15) is 64.2 Å². The first-order valence-corrected chi connectivity index (χ1v) is 10.2. The molecule has 4 rings (SSSR count). The van der Waals surface area contributed by atoms with Crippen LogP contribution in [0.4, 0.5) is 5.69 Å². The number of nitrogens with zero attached hydrogens (tertiary/aromatic N) is 2. The predicted octanol–water partition coefficient (Wildman–Crippen LogP) is 4.76. The minimum absolute atomic E-state index is 0.305. The number of anilines is 1. The molecule has 0 amide bonds. The second-order valence-corrected chi connectivity index (χ2v) is 8.01. The number of phenols is 1. The van der Waals surface area contributed by atoms with Gasteiger partial charge in [0.05, 0.1) is 6.04 Å². The maximum Gasteiger partial charge on any atom is 0.199 e. The molecule has 0 aromatic heterocycles. The van der Waals surface area contributed by atoms with Gasteiger partial charge in [-0.2, -0.15) is 0 Å². The Labute approximate surface area is 151 Å². The van der Waals surface area contributed by atoms with Crippen LogP contribution < -0.4 is 5.32 Å². The summed E-state index contributed by atoms with van der Waals surface area (Å²) in [7, 11) is 0. The highest BCUT2D eigenvalue weighted by Gasteiger charge is 2.35. The van der Waals surface area contributed by atoms with Crippen molar-refractivity contribution in [2.75, 3.05) is 11.9 Å². The van der Waals surface area contributed by atoms with E-state index in [0.29, 0.717) is 17.8 Å². The Kier molecular flexibility index (Phi) is 5.14. The molecule has 25 heavy (non-hydrogen) atoms. The monoisotopic (exact) mass is 341 g/mol. The van der Waals surface area contributed by atoms with Gasteiger partial charge >= 0.3 is 0 Å². The largest absolute Gasteiger partial charge is 0.508 e. The summed E-state index contributed by atoms with van der Waals surface area (Å²) in [6.45, 7) is 1.11. The van der Waals surface area contributed by atoms with Crippen LogP contribution in [-0.4, -0.2) is 34.6 Å². The summed E-state index contributed by atoms with van der Waals surface area (Å²) in [5.74, 6) is 2.19. The SMILES string of the molecule is Oc1cccc(NC(=NC2CCCC2)N2CCCC3CCCCC32)c1. The Hall–Kier alpha value is -1.71. The van der Waals surface area contributed by atoms with E-state index in [2.05, 4.69) is 10.2 Å². The van der Waals surface area contributed by atoms with Crippen molar-refractivity contribution in [1.82, 2.24) is 4.90 Å². The quantitative estimate of drug-likeness (QED) is 0.602. The molecule has 1 saturated heterocycles. The van der Waals surface area contributed by atoms with Crippen molar-refractivity contribution in [2.45, 2.75) is 76.3 Å². The standard InChI is InChI=1S/C21H31N3O/c25-19-12-5-11-18(15-19)23-21(22-17-9-2-3-10-17)24-14-6-8-16-7-1-4-13-20(16)24/h5,11-12,15-17,20,25H,1-4,6-10,13-14H2,(H,22,23). The van der Waals surface area contributed by atoms with Gasteiger partial charge in [-0.05, 0) is 56.6 Å². The summed E-state index contributed by atoms with van der Waals surface area (Å²) in [5, 5.41) is 13.4. The number of aliphatic imine (C=N–C) groups is 1. The van der Waals surface area contributed by atoms with Gasteiger partial charge < -0.3 is 15.3 Å². The molecular weight excluding hydrogens is 310 g/mol. The zero-order chi connectivity index (χ0) is 17.1. The first-order chi connectivity index (χ1) is 12.3. The maximum absolute atomic E-state index is 9.81. The van der Waals surface area contributed by atoms with Crippen molar-refractivity contribution < 1.29 is 5.11 Å². The molecule has 2 N–H and O–H groups in total. The molecule has 1 aliphatic heterocycles. The van der Waals surface area contributed by atoms with E-state index in [1.54, 1.807) is 12.1 Å². The van der Waals surface area contributed by atoms with Crippen LogP contribution in [0.15, 0.2) is 29.3 Å². The zero-order valence-electron chi connectivity index (χ0n) is 15.2. The maximum atomic E-state index is 9.81. The van der Waals surface area contributed by atoms with Crippen LogP contribution in [-0.2, 0) is 0 Å². The molecule has 2 atom stereocenters. The second kappa shape index (κ2) is 7.67. The van der Waals surface area contributed by atoms with Crippen LogP contribution >= 0.6 is 0 Å². The third kappa shape index (κ3) is 3.94. The predicted molar refractivity (Wildman–Crippen MR) is 103 cm³/mol. The summed E-state index contributed by atoms with van der Waals surface area (Å²) >= 11 is 0. The third-order valence-electron chi connectivity index (χ3n) is 6.25. The van der Waals surface area contributed by atoms with Crippen molar-refractivity contribution in [1.29, 1.82) is 0 Å². The van der Waals surface area contributed by atoms with Crippen LogP contribution in [0, 0.1) is 5.92 Å². The van der Waals surface area contributed by atoms with Gasteiger partial charge in [0.15, 0.2) is 5.96 Å². The fourth-order valence-electron chi connectivity index (χ4n) is 4.99. The lowest BCUT2D eigenvalue weighted by molar-refractivity contribution is 0.119. The van der Waals surface area contributed by atoms with E-state index in [-0.39, 0.29) is 0 Å². The number of benzene rings is 1. The highest BCUT2D eigenvalue weighted by atomic mass is 16.3. The molecule has 0 radical (unpaired) electrons. The molecular formula is C21H31N3O. The van der Waals surface area contributed by atoms with Crippen molar-refractivity contribution >= 4 is 11.6 Å². The Bertz CT molecular complexity index is 607. The molecule has 4 nitrogen and oxygen atoms in total. The normalized spacial score (nSPS) is 28.0. The summed E-state index contributed by atoms with van der Waals surface area (Å²) in [5.41, 5.74) is 0.940. The summed E-state index contributed by atoms with van der Waals surface area (Å²) in [4.78, 5) is 7.73. The first-order valence-electron chi connectivity index (χ1n) is 10.2. The van der Waals surface area contributed by atoms with E-state index in [1.807, 2.05) is 12.1 Å². The number of guanidine groups is 1. The molecule has 1 heterocycles. The van der Waals surface area contributed by atoms with E-state index < -0.39 is 0 Å². The van der Waals surface area contributed by atoms with Crippen molar-refractivity contribution in [2.24, 2.45) is 10.9 Å². The molecule has 1 aromatic carbocycles. The smallest absolute Gasteiger partial charge is 0.199 e. The Morgan fingerprint density at radius 2 is 1.76 bits per heavy atom. The van der Waals surface area contributed by atoms with Crippen LogP contribution in [0.5, 0.6) is 5.75 Å². The average molecular weight is 341 g/mol. The highest BCUT2D eigenvalue weighted by Crippen LogP contribution is 2.36. The summed E-state index contributed by atoms with van der Waals surface area (Å²) < 4.78 is 0. The fraction of sp³-hybridized carbons (Fsp3) is 0.667. The second-order valence-electron chi connectivity index (χ2n) is 8.01. The van der Waals surface area contributed by atoms with Crippen LogP contribution in [0.3, 0.4) is 0 Å². The Balaban J connectivity index is 1.59. The minimum atomic E-state index is 0.305. The topological polar surface area (TPSA) is 47.9 Å². The van der Waals surface area contributed by atoms with Gasteiger partial charge in [0.1, 0.15) is 5.75 Å². The molecule has 1 aromatic rings. The summed E-state index contributed by atoms with van der Waals surface area (Å²) in [6, 6.07) is 8.54. The number of rotatable bonds is 2. The van der Waals surface area contributed by atoms with E-state index in [4.69, 9.17) is 4.99 Å². The fourth-order valence-corrected chi connectivity index (χ4v) is 4.99. The molecule has 2 saturated carbocycles. The molecule has 2 unspecified atom stereocenters. The van der Waals surface area contributed by atoms with Gasteiger partial charge in [-0.15, -0.1) is 0 Å². The third-order valence-corrected chi connectivity index (χ3v) is 6.25. The minimum Gasteiger partial charge on any atom is -0.508 e. The van der Waals surface area contributed by atoms with Gasteiger partial charge in [0, 0.05) is 24.3 Å². The molecule has 2 aliphatic carbocycles. The molecule has 136 valence electrons. The molecule has 0 bridgehead atoms. The first kappa shape index (κ1) is 16.7. The highest BCUT2D eigenvalue weighted by molar-refractivity contribution is 5.94. The number of fused-ring (bicyclic) bond motifs is 1. The zero-order valence-corrected chi connectivity index (χ0v) is 15.2. The number of phenolic OH excluding ortho intramolecular Hbond substituents is 1. The van der Waals surface area contributed by atoms with Gasteiger partial charge in [0.25, 0.3) is 0 Å². The molecule has 3 aliphatic rings. The lowest BCUT2D eigenvalue weighted by atomic mass is 9.78. The van der Waals surface area contributed by atoms with Crippen molar-refractivity contribution in [3.05, 3.63) is 24.3 Å². The summed E-state index contributed by atoms with van der Waals surface area (Å²) in [6.07, 6.45) is 13.1. The van der Waals surface area contributed by atoms with Crippen molar-refractivity contribution in [3.8, 4) is 5.75 Å². The van der Waals surface area contributed by atoms with Crippen LogP contribution in [0.2, 0.25) is 0 Å². The van der Waals surface area contributed by atoms with Crippen LogP contribution in [0.25, 0.3) is 0 Å². The van der Waals surface area contributed by atoms with Gasteiger partial charge in [-0.3, -0.25) is 0 Å². The molecule has 0 spiro atoms. The van der Waals surface area contributed by atoms with Gasteiger partial charge in [0.2, 0.25) is 0 Å². The Morgan fingerprint density at radius 3 is 2.60 bits per heavy atom. The number of nitrogens with one attached hydrogen (secondary N) is 1. The van der Waals surface area contributed by atoms with Crippen molar-refractivity contribution in [3.63, 3.8) is 0 Å². The van der Waals surface area contributed by atoms with E-state index in [9.17, 15) is 5.11 Å². The average Bonchev–Trinajstić information content (AvgIpc) is 3.14.